The smallest absolute Gasteiger partial charge is 0.325 e. The fourth-order valence-corrected chi connectivity index (χ4v) is 3.80. The summed E-state index contributed by atoms with van der Waals surface area (Å²) in [5.41, 5.74) is 9.09. The van der Waals surface area contributed by atoms with E-state index in [1.165, 1.54) is 13.2 Å². The highest BCUT2D eigenvalue weighted by molar-refractivity contribution is 5.87. The largest absolute Gasteiger partial charge is 0.468 e. The van der Waals surface area contributed by atoms with E-state index in [9.17, 15) is 9.18 Å². The fraction of sp³-hybridized carbons (Fsp3) is 0.500. The Bertz CT molecular complexity index is 730. The van der Waals surface area contributed by atoms with Gasteiger partial charge in [0.2, 0.25) is 0 Å². The van der Waals surface area contributed by atoms with Crippen molar-refractivity contribution in [3.63, 3.8) is 0 Å². The van der Waals surface area contributed by atoms with Crippen LogP contribution in [0, 0.1) is 12.7 Å². The van der Waals surface area contributed by atoms with Crippen molar-refractivity contribution in [3.8, 4) is 0 Å². The lowest BCUT2D eigenvalue weighted by Gasteiger charge is -2.26. The summed E-state index contributed by atoms with van der Waals surface area (Å²) in [6, 6.07) is 5.04. The number of nitrogens with zero attached hydrogens (tertiary/aromatic N) is 1. The maximum absolute atomic E-state index is 13.8. The second-order valence-corrected chi connectivity index (χ2v) is 6.43. The van der Waals surface area contributed by atoms with Crippen molar-refractivity contribution in [2.45, 2.75) is 51.1 Å². The highest BCUT2D eigenvalue weighted by Crippen LogP contribution is 2.39. The minimum atomic E-state index is -0.299. The molecular weight excluding hydrogens is 295 g/mol. The number of ether oxygens (including phenoxy) is 1. The quantitative estimate of drug-likeness (QED) is 0.884. The summed E-state index contributed by atoms with van der Waals surface area (Å²) in [6.45, 7) is 2.15. The molecule has 0 atom stereocenters. The number of esters is 1. The number of carbonyl (C=O) groups is 1. The van der Waals surface area contributed by atoms with E-state index >= 15 is 0 Å². The minimum Gasteiger partial charge on any atom is -0.468 e. The number of methoxy groups -OCH3 is 1. The van der Waals surface area contributed by atoms with Crippen LogP contribution >= 0.6 is 0 Å². The molecular formula is C18H23FN2O2. The van der Waals surface area contributed by atoms with Gasteiger partial charge < -0.3 is 15.0 Å². The molecule has 2 aromatic rings. The monoisotopic (exact) mass is 318 g/mol. The van der Waals surface area contributed by atoms with Crippen LogP contribution in [0.2, 0.25) is 0 Å². The summed E-state index contributed by atoms with van der Waals surface area (Å²) in [6.07, 6.45) is 4.00. The number of fused-ring (bicyclic) bond motifs is 1. The Hall–Kier alpha value is -1.88. The topological polar surface area (TPSA) is 57.2 Å². The van der Waals surface area contributed by atoms with Crippen molar-refractivity contribution >= 4 is 16.9 Å². The SMILES string of the molecule is COC(=O)Cn1c(C)c(C2CCC(N)CC2)c2cc(F)ccc21. The molecule has 23 heavy (non-hydrogen) atoms. The van der Waals surface area contributed by atoms with Crippen LogP contribution in [0.1, 0.15) is 42.9 Å². The molecule has 2 N–H and O–H groups in total. The number of hydrogen-bond acceptors (Lipinski definition) is 3. The molecule has 1 saturated carbocycles. The molecule has 0 spiro atoms. The van der Waals surface area contributed by atoms with Crippen LogP contribution in [-0.4, -0.2) is 23.7 Å². The van der Waals surface area contributed by atoms with Gasteiger partial charge in [-0.05, 0) is 62.3 Å². The Morgan fingerprint density at radius 2 is 2.04 bits per heavy atom. The molecule has 0 amide bonds. The Morgan fingerprint density at radius 1 is 1.35 bits per heavy atom. The van der Waals surface area contributed by atoms with E-state index in [1.807, 2.05) is 11.5 Å². The molecule has 3 rings (SSSR count). The molecule has 0 bridgehead atoms. The first-order chi connectivity index (χ1) is 11.0. The van der Waals surface area contributed by atoms with Crippen LogP contribution in [0.15, 0.2) is 18.2 Å². The van der Waals surface area contributed by atoms with Crippen LogP contribution in [0.5, 0.6) is 0 Å². The lowest BCUT2D eigenvalue weighted by molar-refractivity contribution is -0.141. The molecule has 0 saturated heterocycles. The van der Waals surface area contributed by atoms with E-state index in [0.717, 1.165) is 47.8 Å². The normalized spacial score (nSPS) is 21.6. The Kier molecular flexibility index (Phi) is 4.39. The zero-order valence-electron chi connectivity index (χ0n) is 13.6. The van der Waals surface area contributed by atoms with E-state index in [4.69, 9.17) is 10.5 Å². The minimum absolute atomic E-state index is 0.150. The number of halogens is 1. The fourth-order valence-electron chi connectivity index (χ4n) is 3.80. The molecule has 0 radical (unpaired) electrons. The van der Waals surface area contributed by atoms with Gasteiger partial charge in [-0.2, -0.15) is 0 Å². The van der Waals surface area contributed by atoms with Gasteiger partial charge in [-0.3, -0.25) is 4.79 Å². The third-order valence-electron chi connectivity index (χ3n) is 5.03. The van der Waals surface area contributed by atoms with Crippen molar-refractivity contribution in [2.75, 3.05) is 7.11 Å². The molecule has 1 aromatic carbocycles. The third kappa shape index (κ3) is 2.98. The molecule has 124 valence electrons. The van der Waals surface area contributed by atoms with Crippen LogP contribution < -0.4 is 5.73 Å². The Labute approximate surface area is 135 Å². The average molecular weight is 318 g/mol. The van der Waals surface area contributed by atoms with Crippen LogP contribution in [0.4, 0.5) is 4.39 Å². The maximum Gasteiger partial charge on any atom is 0.325 e. The standard InChI is InChI=1S/C18H23FN2O2/c1-11-18(12-3-6-14(20)7-4-12)15-9-13(19)5-8-16(15)21(11)10-17(22)23-2/h5,8-9,12,14H,3-4,6-7,10,20H2,1-2H3. The third-order valence-corrected chi connectivity index (χ3v) is 5.03. The first kappa shape index (κ1) is 16.0. The first-order valence-electron chi connectivity index (χ1n) is 8.12. The number of carbonyl (C=O) groups excluding carboxylic acids is 1. The van der Waals surface area contributed by atoms with Gasteiger partial charge in [-0.15, -0.1) is 0 Å². The highest BCUT2D eigenvalue weighted by Gasteiger charge is 2.26. The zero-order chi connectivity index (χ0) is 16.6. The second kappa shape index (κ2) is 6.32. The Balaban J connectivity index is 2.10. The number of aromatic nitrogens is 1. The summed E-state index contributed by atoms with van der Waals surface area (Å²) >= 11 is 0. The number of rotatable bonds is 3. The zero-order valence-corrected chi connectivity index (χ0v) is 13.6. The summed E-state index contributed by atoms with van der Waals surface area (Å²) in [7, 11) is 1.38. The summed E-state index contributed by atoms with van der Waals surface area (Å²) in [5, 5.41) is 0.909. The van der Waals surface area contributed by atoms with E-state index in [-0.39, 0.29) is 24.4 Å². The van der Waals surface area contributed by atoms with Crippen molar-refractivity contribution in [1.82, 2.24) is 4.57 Å². The van der Waals surface area contributed by atoms with Gasteiger partial charge in [0.15, 0.2) is 0 Å². The molecule has 4 nitrogen and oxygen atoms in total. The molecule has 1 fully saturated rings. The molecule has 0 aliphatic heterocycles. The molecule has 1 heterocycles. The van der Waals surface area contributed by atoms with Gasteiger partial charge in [0.25, 0.3) is 0 Å². The summed E-state index contributed by atoms with van der Waals surface area (Å²) in [5.74, 6) is -0.175. The van der Waals surface area contributed by atoms with E-state index in [2.05, 4.69) is 0 Å². The van der Waals surface area contributed by atoms with Crippen molar-refractivity contribution in [1.29, 1.82) is 0 Å². The summed E-state index contributed by atoms with van der Waals surface area (Å²) < 4.78 is 20.5. The second-order valence-electron chi connectivity index (χ2n) is 6.43. The molecule has 1 aliphatic carbocycles. The van der Waals surface area contributed by atoms with E-state index in [1.54, 1.807) is 12.1 Å². The van der Waals surface area contributed by atoms with Crippen LogP contribution in [-0.2, 0) is 16.1 Å². The van der Waals surface area contributed by atoms with Gasteiger partial charge in [0.1, 0.15) is 12.4 Å². The number of nitrogens with two attached hydrogens (primary N) is 1. The van der Waals surface area contributed by atoms with Crippen molar-refractivity contribution in [2.24, 2.45) is 5.73 Å². The van der Waals surface area contributed by atoms with E-state index in [0.29, 0.717) is 5.92 Å². The van der Waals surface area contributed by atoms with Gasteiger partial charge in [-0.1, -0.05) is 0 Å². The Morgan fingerprint density at radius 3 is 2.70 bits per heavy atom. The molecule has 1 aliphatic rings. The predicted molar refractivity (Wildman–Crippen MR) is 87.8 cm³/mol. The van der Waals surface area contributed by atoms with E-state index < -0.39 is 0 Å². The first-order valence-corrected chi connectivity index (χ1v) is 8.12. The van der Waals surface area contributed by atoms with Gasteiger partial charge in [-0.25, -0.2) is 4.39 Å². The predicted octanol–water partition coefficient (Wildman–Crippen LogP) is 3.25. The highest BCUT2D eigenvalue weighted by atomic mass is 19.1. The molecule has 1 aromatic heterocycles. The van der Waals surface area contributed by atoms with Gasteiger partial charge in [0, 0.05) is 22.6 Å². The lowest BCUT2D eigenvalue weighted by atomic mass is 9.81. The number of hydrogen-bond donors (Lipinski definition) is 1. The lowest BCUT2D eigenvalue weighted by Crippen LogP contribution is -2.26. The number of benzene rings is 1. The maximum atomic E-state index is 13.8. The summed E-state index contributed by atoms with van der Waals surface area (Å²) in [4.78, 5) is 11.7. The van der Waals surface area contributed by atoms with Crippen molar-refractivity contribution in [3.05, 3.63) is 35.3 Å². The average Bonchev–Trinajstić information content (AvgIpc) is 2.80. The van der Waals surface area contributed by atoms with Gasteiger partial charge in [0.05, 0.1) is 7.11 Å². The van der Waals surface area contributed by atoms with Crippen LogP contribution in [0.3, 0.4) is 0 Å². The molecule has 5 heteroatoms. The molecule has 0 unspecified atom stereocenters. The van der Waals surface area contributed by atoms with Crippen LogP contribution in [0.25, 0.3) is 10.9 Å². The van der Waals surface area contributed by atoms with Gasteiger partial charge >= 0.3 is 5.97 Å². The van der Waals surface area contributed by atoms with Crippen molar-refractivity contribution < 1.29 is 13.9 Å².